The maximum absolute atomic E-state index is 13.1. The lowest BCUT2D eigenvalue weighted by molar-refractivity contribution is -0.132. The average Bonchev–Trinajstić information content (AvgIpc) is 2.79. The van der Waals surface area contributed by atoms with Gasteiger partial charge < -0.3 is 20.3 Å². The third-order valence-corrected chi connectivity index (χ3v) is 6.19. The van der Waals surface area contributed by atoms with Gasteiger partial charge in [-0.3, -0.25) is 4.79 Å². The molecule has 0 saturated carbocycles. The lowest BCUT2D eigenvalue weighted by atomic mass is 9.92. The van der Waals surface area contributed by atoms with Crippen molar-refractivity contribution in [3.05, 3.63) is 59.2 Å². The SMILES string of the molecule is COc1cc2c(cc1CN[C@H]1CCCN[C@H]1c1ccccc1)N(CC(F)(F)F)C(=O)CC2.Cl.Cl. The maximum Gasteiger partial charge on any atom is 0.406 e. The molecule has 2 aromatic carbocycles. The molecule has 0 bridgehead atoms. The van der Waals surface area contributed by atoms with Crippen LogP contribution in [0.5, 0.6) is 5.75 Å². The van der Waals surface area contributed by atoms with Crippen LogP contribution in [0.25, 0.3) is 0 Å². The van der Waals surface area contributed by atoms with Crippen LogP contribution in [0.1, 0.15) is 42.0 Å². The van der Waals surface area contributed by atoms with Crippen LogP contribution < -0.4 is 20.3 Å². The summed E-state index contributed by atoms with van der Waals surface area (Å²) in [6.45, 7) is 0.0925. The van der Waals surface area contributed by atoms with Crippen LogP contribution >= 0.6 is 24.8 Å². The molecule has 2 atom stereocenters. The van der Waals surface area contributed by atoms with Crippen molar-refractivity contribution in [3.63, 3.8) is 0 Å². The van der Waals surface area contributed by atoms with Crippen molar-refractivity contribution in [1.82, 2.24) is 10.6 Å². The first kappa shape index (κ1) is 28.2. The van der Waals surface area contributed by atoms with E-state index in [9.17, 15) is 18.0 Å². The monoisotopic (exact) mass is 519 g/mol. The highest BCUT2D eigenvalue weighted by atomic mass is 35.5. The van der Waals surface area contributed by atoms with E-state index in [4.69, 9.17) is 4.74 Å². The number of amides is 1. The third kappa shape index (κ3) is 6.56. The number of ether oxygens (including phenoxy) is 1. The van der Waals surface area contributed by atoms with Crippen molar-refractivity contribution >= 4 is 36.4 Å². The van der Waals surface area contributed by atoms with E-state index >= 15 is 0 Å². The molecule has 2 aromatic rings. The molecule has 10 heteroatoms. The van der Waals surface area contributed by atoms with Gasteiger partial charge in [0, 0.05) is 36.3 Å². The van der Waals surface area contributed by atoms with Crippen molar-refractivity contribution in [2.24, 2.45) is 0 Å². The summed E-state index contributed by atoms with van der Waals surface area (Å²) in [7, 11) is 1.56. The lowest BCUT2D eigenvalue weighted by Gasteiger charge is -2.34. The number of anilines is 1. The Bertz CT molecular complexity index is 960. The van der Waals surface area contributed by atoms with E-state index in [-0.39, 0.29) is 43.3 Å². The second-order valence-corrected chi connectivity index (χ2v) is 8.36. The van der Waals surface area contributed by atoms with Crippen LogP contribution in [-0.2, 0) is 17.8 Å². The Morgan fingerprint density at radius 3 is 2.56 bits per heavy atom. The van der Waals surface area contributed by atoms with Crippen molar-refractivity contribution in [3.8, 4) is 5.75 Å². The zero-order valence-electron chi connectivity index (χ0n) is 18.9. The van der Waals surface area contributed by atoms with Gasteiger partial charge in [-0.05, 0) is 49.1 Å². The molecule has 0 radical (unpaired) electrons. The van der Waals surface area contributed by atoms with Crippen molar-refractivity contribution in [2.45, 2.75) is 50.5 Å². The van der Waals surface area contributed by atoms with E-state index in [2.05, 4.69) is 22.8 Å². The molecule has 1 fully saturated rings. The fourth-order valence-electron chi connectivity index (χ4n) is 4.66. The topological polar surface area (TPSA) is 53.6 Å². The first-order valence-corrected chi connectivity index (χ1v) is 10.9. The van der Waals surface area contributed by atoms with Gasteiger partial charge in [0.05, 0.1) is 7.11 Å². The van der Waals surface area contributed by atoms with E-state index in [1.807, 2.05) is 18.2 Å². The predicted octanol–water partition coefficient (Wildman–Crippen LogP) is 4.96. The quantitative estimate of drug-likeness (QED) is 0.566. The first-order chi connectivity index (χ1) is 15.4. The van der Waals surface area contributed by atoms with Crippen molar-refractivity contribution in [2.75, 3.05) is 25.1 Å². The van der Waals surface area contributed by atoms with Crippen LogP contribution in [0.4, 0.5) is 18.9 Å². The molecule has 2 aliphatic heterocycles. The smallest absolute Gasteiger partial charge is 0.406 e. The summed E-state index contributed by atoms with van der Waals surface area (Å²) in [6, 6.07) is 14.0. The predicted molar refractivity (Wildman–Crippen MR) is 131 cm³/mol. The number of piperidine rings is 1. The van der Waals surface area contributed by atoms with E-state index in [0.29, 0.717) is 30.0 Å². The van der Waals surface area contributed by atoms with Gasteiger partial charge in [-0.25, -0.2) is 0 Å². The molecule has 0 unspecified atom stereocenters. The highest BCUT2D eigenvalue weighted by Crippen LogP contribution is 2.36. The molecule has 1 amide bonds. The van der Waals surface area contributed by atoms with Crippen molar-refractivity contribution in [1.29, 1.82) is 0 Å². The number of carbonyl (C=O) groups excluding carboxylic acids is 1. The van der Waals surface area contributed by atoms with Crippen molar-refractivity contribution < 1.29 is 22.7 Å². The Hall–Kier alpha value is -2.00. The highest BCUT2D eigenvalue weighted by molar-refractivity contribution is 5.96. The Kier molecular flexibility index (Phi) is 10.1. The number of nitrogens with one attached hydrogen (secondary N) is 2. The molecule has 2 heterocycles. The summed E-state index contributed by atoms with van der Waals surface area (Å²) < 4.78 is 44.9. The number of halogens is 5. The molecule has 5 nitrogen and oxygen atoms in total. The Labute approximate surface area is 210 Å². The summed E-state index contributed by atoms with van der Waals surface area (Å²) in [5.74, 6) is 0.122. The van der Waals surface area contributed by atoms with E-state index in [1.165, 1.54) is 5.56 Å². The van der Waals surface area contributed by atoms with Crippen LogP contribution in [0.3, 0.4) is 0 Å². The summed E-state index contributed by atoms with van der Waals surface area (Å²) in [4.78, 5) is 13.1. The summed E-state index contributed by atoms with van der Waals surface area (Å²) >= 11 is 0. The zero-order chi connectivity index (χ0) is 22.7. The van der Waals surface area contributed by atoms with Gasteiger partial charge >= 0.3 is 6.18 Å². The number of aryl methyl sites for hydroxylation is 1. The number of hydrogen-bond donors (Lipinski definition) is 2. The Morgan fingerprint density at radius 1 is 1.15 bits per heavy atom. The van der Waals surface area contributed by atoms with E-state index < -0.39 is 18.6 Å². The number of hydrogen-bond acceptors (Lipinski definition) is 4. The fourth-order valence-corrected chi connectivity index (χ4v) is 4.66. The van der Waals surface area contributed by atoms with E-state index in [1.54, 1.807) is 19.2 Å². The van der Waals surface area contributed by atoms with Gasteiger partial charge in [0.15, 0.2) is 0 Å². The minimum Gasteiger partial charge on any atom is -0.496 e. The fraction of sp³-hybridized carbons (Fsp3) is 0.458. The molecule has 188 valence electrons. The standard InChI is InChI=1S/C24H28F3N3O2.2ClH/c1-32-21-13-17-9-10-22(31)30(15-24(25,26)27)20(17)12-18(21)14-29-19-8-5-11-28-23(19)16-6-3-2-4-7-16;;/h2-4,6-7,12-13,19,23,28-29H,5,8-11,14-15H2,1H3;2*1H/t19-,23-;;/m0../s1. The molecule has 0 spiro atoms. The maximum atomic E-state index is 13.1. The van der Waals surface area contributed by atoms with Gasteiger partial charge in [0.2, 0.25) is 5.91 Å². The van der Waals surface area contributed by atoms with Gasteiger partial charge in [-0.2, -0.15) is 13.2 Å². The normalized spacial score (nSPS) is 20.1. The molecule has 1 saturated heterocycles. The summed E-state index contributed by atoms with van der Waals surface area (Å²) in [6.07, 6.45) is -1.96. The minimum absolute atomic E-state index is 0. The number of rotatable bonds is 6. The second kappa shape index (κ2) is 12.1. The Balaban J connectivity index is 0.00000204. The molecule has 4 rings (SSSR count). The highest BCUT2D eigenvalue weighted by Gasteiger charge is 2.36. The number of benzene rings is 2. The van der Waals surface area contributed by atoms with Crippen LogP contribution in [0, 0.1) is 0 Å². The molecular weight excluding hydrogens is 490 g/mol. The van der Waals surface area contributed by atoms with Gasteiger partial charge in [0.25, 0.3) is 0 Å². The minimum atomic E-state index is -4.46. The number of nitrogens with zero attached hydrogens (tertiary/aromatic N) is 1. The average molecular weight is 520 g/mol. The molecule has 34 heavy (non-hydrogen) atoms. The molecule has 0 aliphatic carbocycles. The van der Waals surface area contributed by atoms with Crippen LogP contribution in [0.2, 0.25) is 0 Å². The lowest BCUT2D eigenvalue weighted by Crippen LogP contribution is -2.45. The van der Waals surface area contributed by atoms with E-state index in [0.717, 1.165) is 29.8 Å². The first-order valence-electron chi connectivity index (χ1n) is 10.9. The van der Waals surface area contributed by atoms with Crippen LogP contribution in [-0.4, -0.2) is 38.3 Å². The molecule has 2 N–H and O–H groups in total. The van der Waals surface area contributed by atoms with Gasteiger partial charge in [-0.1, -0.05) is 30.3 Å². The summed E-state index contributed by atoms with van der Waals surface area (Å²) in [5, 5.41) is 7.14. The number of alkyl halides is 3. The zero-order valence-corrected chi connectivity index (χ0v) is 20.5. The van der Waals surface area contributed by atoms with Crippen LogP contribution in [0.15, 0.2) is 42.5 Å². The number of fused-ring (bicyclic) bond motifs is 1. The van der Waals surface area contributed by atoms with Gasteiger partial charge in [0.1, 0.15) is 12.3 Å². The molecule has 2 aliphatic rings. The van der Waals surface area contributed by atoms with Gasteiger partial charge in [-0.15, -0.1) is 24.8 Å². The number of carbonyl (C=O) groups is 1. The summed E-state index contributed by atoms with van der Waals surface area (Å²) in [5.41, 5.74) is 2.98. The largest absolute Gasteiger partial charge is 0.496 e. The molecule has 0 aromatic heterocycles. The third-order valence-electron chi connectivity index (χ3n) is 6.19. The number of methoxy groups -OCH3 is 1. The second-order valence-electron chi connectivity index (χ2n) is 8.36. The Morgan fingerprint density at radius 2 is 1.88 bits per heavy atom. The molecular formula is C24H30Cl2F3N3O2.